The van der Waals surface area contributed by atoms with E-state index in [1.54, 1.807) is 7.11 Å². The third kappa shape index (κ3) is 4.54. The van der Waals surface area contributed by atoms with Gasteiger partial charge in [0.05, 0.1) is 7.11 Å². The number of rotatable bonds is 5. The van der Waals surface area contributed by atoms with E-state index in [0.29, 0.717) is 0 Å². The summed E-state index contributed by atoms with van der Waals surface area (Å²) in [4.78, 5) is 0. The molecule has 1 aromatic rings. The summed E-state index contributed by atoms with van der Waals surface area (Å²) in [6.45, 7) is 3.44. The highest BCUT2D eigenvalue weighted by atomic mass is 16.5. The Morgan fingerprint density at radius 2 is 2.00 bits per heavy atom. The molecule has 0 saturated heterocycles. The number of nitrogens with one attached hydrogen (secondary N) is 1. The van der Waals surface area contributed by atoms with Crippen molar-refractivity contribution >= 4 is 0 Å². The summed E-state index contributed by atoms with van der Waals surface area (Å²) >= 11 is 0. The Morgan fingerprint density at radius 1 is 1.16 bits per heavy atom. The highest BCUT2D eigenvalue weighted by molar-refractivity contribution is 5.33. The van der Waals surface area contributed by atoms with Crippen LogP contribution in [-0.2, 0) is 6.42 Å². The minimum atomic E-state index is 0.722. The van der Waals surface area contributed by atoms with Crippen LogP contribution in [0.25, 0.3) is 0 Å². The van der Waals surface area contributed by atoms with E-state index in [0.717, 1.165) is 30.7 Å². The largest absolute Gasteiger partial charge is 0.496 e. The zero-order valence-corrected chi connectivity index (χ0v) is 12.3. The zero-order valence-electron chi connectivity index (χ0n) is 12.3. The van der Waals surface area contributed by atoms with E-state index in [9.17, 15) is 0 Å². The molecule has 0 aliphatic heterocycles. The van der Waals surface area contributed by atoms with E-state index in [2.05, 4.69) is 24.4 Å². The first-order valence-corrected chi connectivity index (χ1v) is 7.65. The Labute approximate surface area is 117 Å². The number of methoxy groups -OCH3 is 1. The first-order chi connectivity index (χ1) is 9.29. The van der Waals surface area contributed by atoms with Crippen LogP contribution in [0.3, 0.4) is 0 Å². The summed E-state index contributed by atoms with van der Waals surface area (Å²) in [5.74, 6) is 1.93. The van der Waals surface area contributed by atoms with Crippen LogP contribution >= 0.6 is 0 Å². The standard InChI is InChI=1S/C17H27NO/c1-14-6-5-8-16(11-10-14)18-13-12-15-7-3-4-9-17(15)19-2/h3-4,7,9,14,16,18H,5-6,8,10-13H2,1-2H3. The van der Waals surface area contributed by atoms with Crippen molar-refractivity contribution < 1.29 is 4.74 Å². The Hall–Kier alpha value is -1.02. The van der Waals surface area contributed by atoms with E-state index in [-0.39, 0.29) is 0 Å². The second-order valence-corrected chi connectivity index (χ2v) is 5.83. The monoisotopic (exact) mass is 261 g/mol. The fraction of sp³-hybridized carbons (Fsp3) is 0.647. The van der Waals surface area contributed by atoms with Crippen LogP contribution < -0.4 is 10.1 Å². The molecule has 2 unspecified atom stereocenters. The molecule has 106 valence electrons. The van der Waals surface area contributed by atoms with Gasteiger partial charge in [0.25, 0.3) is 0 Å². The van der Waals surface area contributed by atoms with Gasteiger partial charge in [0.15, 0.2) is 0 Å². The molecule has 1 N–H and O–H groups in total. The molecule has 1 aliphatic carbocycles. The Kier molecular flexibility index (Phi) is 5.71. The molecule has 0 heterocycles. The van der Waals surface area contributed by atoms with Crippen LogP contribution in [0.5, 0.6) is 5.75 Å². The number of hydrogen-bond acceptors (Lipinski definition) is 2. The van der Waals surface area contributed by atoms with Crippen LogP contribution in [0.15, 0.2) is 24.3 Å². The van der Waals surface area contributed by atoms with Crippen molar-refractivity contribution in [2.24, 2.45) is 5.92 Å². The summed E-state index contributed by atoms with van der Waals surface area (Å²) in [5.41, 5.74) is 1.31. The van der Waals surface area contributed by atoms with E-state index in [1.165, 1.54) is 37.7 Å². The van der Waals surface area contributed by atoms with Crippen molar-refractivity contribution in [1.29, 1.82) is 0 Å². The molecule has 1 aliphatic rings. The number of benzene rings is 1. The van der Waals surface area contributed by atoms with Gasteiger partial charge >= 0.3 is 0 Å². The lowest BCUT2D eigenvalue weighted by Crippen LogP contribution is -2.30. The summed E-state index contributed by atoms with van der Waals surface area (Å²) in [6, 6.07) is 9.05. The van der Waals surface area contributed by atoms with Crippen molar-refractivity contribution in [2.45, 2.75) is 51.5 Å². The van der Waals surface area contributed by atoms with Gasteiger partial charge in [-0.2, -0.15) is 0 Å². The van der Waals surface area contributed by atoms with Crippen LogP contribution in [0.4, 0.5) is 0 Å². The molecule has 0 bridgehead atoms. The number of para-hydroxylation sites is 1. The minimum absolute atomic E-state index is 0.722. The highest BCUT2D eigenvalue weighted by Gasteiger charge is 2.15. The van der Waals surface area contributed by atoms with E-state index < -0.39 is 0 Å². The second-order valence-electron chi connectivity index (χ2n) is 5.83. The van der Waals surface area contributed by atoms with Crippen molar-refractivity contribution in [3.63, 3.8) is 0 Å². The summed E-state index contributed by atoms with van der Waals surface area (Å²) in [7, 11) is 1.75. The molecule has 2 nitrogen and oxygen atoms in total. The maximum Gasteiger partial charge on any atom is 0.122 e. The molecular formula is C17H27NO. The summed E-state index contributed by atoms with van der Waals surface area (Å²) in [6.07, 6.45) is 7.91. The van der Waals surface area contributed by atoms with Gasteiger partial charge in [0.2, 0.25) is 0 Å². The average molecular weight is 261 g/mol. The maximum atomic E-state index is 5.39. The van der Waals surface area contributed by atoms with E-state index in [4.69, 9.17) is 4.74 Å². The molecule has 0 amide bonds. The molecule has 1 fully saturated rings. The predicted molar refractivity (Wildman–Crippen MR) is 80.7 cm³/mol. The third-order valence-corrected chi connectivity index (χ3v) is 4.28. The Morgan fingerprint density at radius 3 is 2.84 bits per heavy atom. The molecule has 1 aromatic carbocycles. The van der Waals surface area contributed by atoms with Crippen molar-refractivity contribution in [2.75, 3.05) is 13.7 Å². The molecule has 2 rings (SSSR count). The lowest BCUT2D eigenvalue weighted by Gasteiger charge is -2.17. The fourth-order valence-corrected chi connectivity index (χ4v) is 3.01. The van der Waals surface area contributed by atoms with Gasteiger partial charge in [-0.1, -0.05) is 38.0 Å². The summed E-state index contributed by atoms with van der Waals surface area (Å²) in [5, 5.41) is 3.73. The lowest BCUT2D eigenvalue weighted by molar-refractivity contribution is 0.406. The van der Waals surface area contributed by atoms with Gasteiger partial charge in [-0.05, 0) is 49.8 Å². The Bertz CT molecular complexity index is 377. The van der Waals surface area contributed by atoms with Crippen molar-refractivity contribution in [1.82, 2.24) is 5.32 Å². The Balaban J connectivity index is 1.76. The highest BCUT2D eigenvalue weighted by Crippen LogP contribution is 2.23. The van der Waals surface area contributed by atoms with Crippen LogP contribution in [0.2, 0.25) is 0 Å². The molecular weight excluding hydrogens is 234 g/mol. The molecule has 19 heavy (non-hydrogen) atoms. The van der Waals surface area contributed by atoms with E-state index >= 15 is 0 Å². The summed E-state index contributed by atoms with van der Waals surface area (Å²) < 4.78 is 5.39. The maximum absolute atomic E-state index is 5.39. The number of hydrogen-bond donors (Lipinski definition) is 1. The zero-order chi connectivity index (χ0) is 13.5. The van der Waals surface area contributed by atoms with Crippen LogP contribution in [0, 0.1) is 5.92 Å². The predicted octanol–water partition coefficient (Wildman–Crippen LogP) is 3.80. The van der Waals surface area contributed by atoms with Crippen molar-refractivity contribution in [3.05, 3.63) is 29.8 Å². The molecule has 2 atom stereocenters. The van der Waals surface area contributed by atoms with Gasteiger partial charge in [-0.3, -0.25) is 0 Å². The SMILES string of the molecule is COc1ccccc1CCNC1CCCC(C)CC1. The average Bonchev–Trinajstić information content (AvgIpc) is 2.64. The smallest absolute Gasteiger partial charge is 0.122 e. The van der Waals surface area contributed by atoms with Gasteiger partial charge in [0.1, 0.15) is 5.75 Å². The molecule has 2 heteroatoms. The minimum Gasteiger partial charge on any atom is -0.496 e. The molecule has 0 spiro atoms. The second kappa shape index (κ2) is 7.54. The van der Waals surface area contributed by atoms with Crippen LogP contribution in [0.1, 0.15) is 44.6 Å². The van der Waals surface area contributed by atoms with Crippen LogP contribution in [-0.4, -0.2) is 19.7 Å². The lowest BCUT2D eigenvalue weighted by atomic mass is 10.0. The van der Waals surface area contributed by atoms with Crippen molar-refractivity contribution in [3.8, 4) is 5.75 Å². The third-order valence-electron chi connectivity index (χ3n) is 4.28. The molecule has 1 saturated carbocycles. The van der Waals surface area contributed by atoms with E-state index in [1.807, 2.05) is 12.1 Å². The normalized spacial score (nSPS) is 23.9. The van der Waals surface area contributed by atoms with Gasteiger partial charge in [-0.25, -0.2) is 0 Å². The van der Waals surface area contributed by atoms with Gasteiger partial charge in [-0.15, -0.1) is 0 Å². The quantitative estimate of drug-likeness (QED) is 0.814. The first-order valence-electron chi connectivity index (χ1n) is 7.65. The molecule has 0 radical (unpaired) electrons. The first kappa shape index (κ1) is 14.4. The number of ether oxygens (including phenoxy) is 1. The molecule has 0 aromatic heterocycles. The topological polar surface area (TPSA) is 21.3 Å². The fourth-order valence-electron chi connectivity index (χ4n) is 3.01. The van der Waals surface area contributed by atoms with Gasteiger partial charge < -0.3 is 10.1 Å². The van der Waals surface area contributed by atoms with Gasteiger partial charge in [0, 0.05) is 6.04 Å².